The summed E-state index contributed by atoms with van der Waals surface area (Å²) >= 11 is 0. The normalized spacial score (nSPS) is 16.2. The number of aliphatic hydroxyl groups is 1. The molecule has 110 valence electrons. The van der Waals surface area contributed by atoms with Crippen molar-refractivity contribution in [2.75, 3.05) is 11.4 Å². The van der Waals surface area contributed by atoms with Crippen LogP contribution in [0.4, 0.5) is 10.1 Å². The third-order valence-corrected chi connectivity index (χ3v) is 4.14. The van der Waals surface area contributed by atoms with Gasteiger partial charge >= 0.3 is 0 Å². The van der Waals surface area contributed by atoms with Crippen molar-refractivity contribution in [1.29, 1.82) is 0 Å². The average molecular weight is 285 g/mol. The highest BCUT2D eigenvalue weighted by Gasteiger charge is 2.20. The lowest BCUT2D eigenvalue weighted by Crippen LogP contribution is -2.24. The molecule has 0 amide bonds. The van der Waals surface area contributed by atoms with Crippen LogP contribution in [-0.2, 0) is 13.0 Å². The van der Waals surface area contributed by atoms with Gasteiger partial charge in [0, 0.05) is 24.3 Å². The van der Waals surface area contributed by atoms with E-state index >= 15 is 0 Å². The first kappa shape index (κ1) is 14.1. The molecule has 0 spiro atoms. The van der Waals surface area contributed by atoms with Crippen LogP contribution in [0.15, 0.2) is 42.5 Å². The Balaban J connectivity index is 2.00. The monoisotopic (exact) mass is 285 g/mol. The molecule has 1 N–H and O–H groups in total. The zero-order valence-corrected chi connectivity index (χ0v) is 12.2. The van der Waals surface area contributed by atoms with Crippen LogP contribution < -0.4 is 4.90 Å². The van der Waals surface area contributed by atoms with Crippen LogP contribution in [0.25, 0.3) is 0 Å². The van der Waals surface area contributed by atoms with E-state index in [4.69, 9.17) is 0 Å². The lowest BCUT2D eigenvalue weighted by molar-refractivity contribution is 0.194. The predicted octanol–water partition coefficient (Wildman–Crippen LogP) is 3.83. The van der Waals surface area contributed by atoms with Crippen LogP contribution in [0.5, 0.6) is 0 Å². The van der Waals surface area contributed by atoms with Crippen LogP contribution in [0.2, 0.25) is 0 Å². The molecule has 1 atom stereocenters. The standard InChI is InChI=1S/C18H20FNO/c1-13(21)18-16(19)9-4-10-17(18)20-11-5-8-14-6-2-3-7-15(14)12-20/h2-4,6-7,9-10,13,21H,5,8,11-12H2,1H3/t13-/m0/s1. The Hall–Kier alpha value is -1.87. The topological polar surface area (TPSA) is 23.5 Å². The van der Waals surface area contributed by atoms with Gasteiger partial charge in [0.05, 0.1) is 6.10 Å². The second kappa shape index (κ2) is 5.86. The van der Waals surface area contributed by atoms with Gasteiger partial charge in [0.15, 0.2) is 0 Å². The maximum absolute atomic E-state index is 14.1. The van der Waals surface area contributed by atoms with E-state index in [0.29, 0.717) is 5.56 Å². The van der Waals surface area contributed by atoms with Crippen LogP contribution in [0.1, 0.15) is 36.1 Å². The van der Waals surface area contributed by atoms with Crippen molar-refractivity contribution >= 4 is 5.69 Å². The number of aryl methyl sites for hydroxylation is 1. The first-order valence-corrected chi connectivity index (χ1v) is 7.45. The fourth-order valence-corrected chi connectivity index (χ4v) is 3.12. The smallest absolute Gasteiger partial charge is 0.131 e. The van der Waals surface area contributed by atoms with Gasteiger partial charge in [-0.05, 0) is 43.0 Å². The van der Waals surface area contributed by atoms with E-state index in [1.165, 1.54) is 17.2 Å². The molecule has 0 saturated carbocycles. The van der Waals surface area contributed by atoms with Gasteiger partial charge < -0.3 is 10.0 Å². The largest absolute Gasteiger partial charge is 0.389 e. The molecule has 3 heteroatoms. The lowest BCUT2D eigenvalue weighted by Gasteiger charge is -2.27. The quantitative estimate of drug-likeness (QED) is 0.906. The molecule has 3 rings (SSSR count). The Morgan fingerprint density at radius 1 is 1.10 bits per heavy atom. The second-order valence-corrected chi connectivity index (χ2v) is 5.64. The number of fused-ring (bicyclic) bond motifs is 1. The number of anilines is 1. The summed E-state index contributed by atoms with van der Waals surface area (Å²) in [4.78, 5) is 2.18. The summed E-state index contributed by atoms with van der Waals surface area (Å²) in [6, 6.07) is 13.4. The number of nitrogens with zero attached hydrogens (tertiary/aromatic N) is 1. The molecular formula is C18H20FNO. The second-order valence-electron chi connectivity index (χ2n) is 5.64. The highest BCUT2D eigenvalue weighted by molar-refractivity contribution is 5.56. The number of aliphatic hydroxyl groups excluding tert-OH is 1. The number of halogens is 1. The molecule has 0 unspecified atom stereocenters. The van der Waals surface area contributed by atoms with Gasteiger partial charge in [-0.15, -0.1) is 0 Å². The Bertz CT molecular complexity index is 639. The SMILES string of the molecule is C[C@H](O)c1c(F)cccc1N1CCCc2ccccc2C1. The van der Waals surface area contributed by atoms with Gasteiger partial charge in [-0.1, -0.05) is 30.3 Å². The summed E-state index contributed by atoms with van der Waals surface area (Å²) in [7, 11) is 0. The molecule has 2 aromatic carbocycles. The van der Waals surface area contributed by atoms with Crippen LogP contribution >= 0.6 is 0 Å². The summed E-state index contributed by atoms with van der Waals surface area (Å²) in [6.07, 6.45) is 1.28. The minimum Gasteiger partial charge on any atom is -0.389 e. The van der Waals surface area contributed by atoms with Crippen molar-refractivity contribution in [1.82, 2.24) is 0 Å². The van der Waals surface area contributed by atoms with Crippen molar-refractivity contribution < 1.29 is 9.50 Å². The molecule has 1 aliphatic rings. The van der Waals surface area contributed by atoms with Gasteiger partial charge in [-0.3, -0.25) is 0 Å². The predicted molar refractivity (Wildman–Crippen MR) is 82.8 cm³/mol. The van der Waals surface area contributed by atoms with E-state index in [9.17, 15) is 9.50 Å². The summed E-state index contributed by atoms with van der Waals surface area (Å²) in [5.41, 5.74) is 3.87. The first-order valence-electron chi connectivity index (χ1n) is 7.45. The molecule has 0 fully saturated rings. The fourth-order valence-electron chi connectivity index (χ4n) is 3.12. The highest BCUT2D eigenvalue weighted by atomic mass is 19.1. The van der Waals surface area contributed by atoms with Crippen molar-refractivity contribution in [2.24, 2.45) is 0 Å². The molecule has 21 heavy (non-hydrogen) atoms. The summed E-state index contributed by atoms with van der Waals surface area (Å²) in [6.45, 7) is 3.25. The summed E-state index contributed by atoms with van der Waals surface area (Å²) < 4.78 is 14.1. The summed E-state index contributed by atoms with van der Waals surface area (Å²) in [5.74, 6) is -0.333. The fraction of sp³-hybridized carbons (Fsp3) is 0.333. The lowest BCUT2D eigenvalue weighted by atomic mass is 10.0. The number of hydrogen-bond acceptors (Lipinski definition) is 2. The van der Waals surface area contributed by atoms with Crippen molar-refractivity contribution in [2.45, 2.75) is 32.4 Å². The molecule has 2 nitrogen and oxygen atoms in total. The van der Waals surface area contributed by atoms with Crippen molar-refractivity contribution in [3.05, 3.63) is 65.0 Å². The number of hydrogen-bond donors (Lipinski definition) is 1. The van der Waals surface area contributed by atoms with Crippen LogP contribution in [0, 0.1) is 5.82 Å². The zero-order chi connectivity index (χ0) is 14.8. The van der Waals surface area contributed by atoms with Gasteiger partial charge in [0.2, 0.25) is 0 Å². The molecule has 0 radical (unpaired) electrons. The third-order valence-electron chi connectivity index (χ3n) is 4.14. The van der Waals surface area contributed by atoms with Crippen LogP contribution in [0.3, 0.4) is 0 Å². The van der Waals surface area contributed by atoms with E-state index in [-0.39, 0.29) is 5.82 Å². The van der Waals surface area contributed by atoms with E-state index in [1.54, 1.807) is 13.0 Å². The number of rotatable bonds is 2. The molecule has 2 aromatic rings. The average Bonchev–Trinajstić information content (AvgIpc) is 2.68. The highest BCUT2D eigenvalue weighted by Crippen LogP contribution is 2.32. The zero-order valence-electron chi connectivity index (χ0n) is 12.2. The van der Waals surface area contributed by atoms with Gasteiger partial charge in [0.1, 0.15) is 5.82 Å². The number of benzene rings is 2. The van der Waals surface area contributed by atoms with Crippen molar-refractivity contribution in [3.8, 4) is 0 Å². The minimum absolute atomic E-state index is 0.333. The van der Waals surface area contributed by atoms with E-state index in [1.807, 2.05) is 12.1 Å². The molecule has 1 heterocycles. The van der Waals surface area contributed by atoms with Gasteiger partial charge in [-0.2, -0.15) is 0 Å². The van der Waals surface area contributed by atoms with Crippen molar-refractivity contribution in [3.63, 3.8) is 0 Å². The molecule has 0 aliphatic carbocycles. The van der Waals surface area contributed by atoms with E-state index < -0.39 is 6.10 Å². The Morgan fingerprint density at radius 3 is 2.62 bits per heavy atom. The third kappa shape index (κ3) is 2.79. The molecule has 0 bridgehead atoms. The Morgan fingerprint density at radius 2 is 1.86 bits per heavy atom. The Kier molecular flexibility index (Phi) is 3.93. The van der Waals surface area contributed by atoms with E-state index in [2.05, 4.69) is 23.1 Å². The molecule has 1 aliphatic heterocycles. The minimum atomic E-state index is -0.806. The Labute approximate surface area is 124 Å². The summed E-state index contributed by atoms with van der Waals surface area (Å²) in [5, 5.41) is 9.91. The van der Waals surface area contributed by atoms with Gasteiger partial charge in [0.25, 0.3) is 0 Å². The maximum Gasteiger partial charge on any atom is 0.131 e. The maximum atomic E-state index is 14.1. The molecular weight excluding hydrogens is 265 g/mol. The molecule has 0 aromatic heterocycles. The molecule has 0 saturated heterocycles. The van der Waals surface area contributed by atoms with E-state index in [0.717, 1.165) is 31.6 Å². The van der Waals surface area contributed by atoms with Crippen LogP contribution in [-0.4, -0.2) is 11.7 Å². The van der Waals surface area contributed by atoms with Gasteiger partial charge in [-0.25, -0.2) is 4.39 Å². The first-order chi connectivity index (χ1) is 10.2.